The van der Waals surface area contributed by atoms with Crippen molar-refractivity contribution in [3.63, 3.8) is 0 Å². The summed E-state index contributed by atoms with van der Waals surface area (Å²) in [6, 6.07) is 4.26. The highest BCUT2D eigenvalue weighted by atomic mass is 35.5. The first-order chi connectivity index (χ1) is 9.68. The van der Waals surface area contributed by atoms with Gasteiger partial charge in [0.2, 0.25) is 5.91 Å². The van der Waals surface area contributed by atoms with Crippen molar-refractivity contribution in [3.8, 4) is 0 Å². The highest BCUT2D eigenvalue weighted by molar-refractivity contribution is 6.31. The highest BCUT2D eigenvalue weighted by Crippen LogP contribution is 2.29. The van der Waals surface area contributed by atoms with Crippen LogP contribution in [0.4, 0.5) is 10.1 Å². The van der Waals surface area contributed by atoms with Crippen molar-refractivity contribution in [2.24, 2.45) is 11.3 Å². The first-order valence-electron chi connectivity index (χ1n) is 6.60. The van der Waals surface area contributed by atoms with E-state index in [1.807, 2.05) is 0 Å². The normalized spacial score (nSPS) is 12.7. The van der Waals surface area contributed by atoms with Gasteiger partial charge < -0.3 is 10.1 Å². The number of nitrogens with one attached hydrogen (secondary N) is 1. The van der Waals surface area contributed by atoms with Crippen LogP contribution in [0.1, 0.15) is 27.7 Å². The van der Waals surface area contributed by atoms with Gasteiger partial charge >= 0.3 is 5.97 Å². The molecule has 0 saturated heterocycles. The van der Waals surface area contributed by atoms with Crippen LogP contribution in [0, 0.1) is 17.2 Å². The minimum absolute atomic E-state index is 0.0638. The van der Waals surface area contributed by atoms with Crippen molar-refractivity contribution in [2.45, 2.75) is 27.7 Å². The molecule has 0 aromatic heterocycles. The molecule has 0 radical (unpaired) electrons. The highest BCUT2D eigenvalue weighted by Gasteiger charge is 2.39. The van der Waals surface area contributed by atoms with E-state index < -0.39 is 29.0 Å². The zero-order chi connectivity index (χ0) is 16.2. The second-order valence-electron chi connectivity index (χ2n) is 5.64. The number of benzene rings is 1. The Morgan fingerprint density at radius 3 is 2.52 bits per heavy atom. The number of carbonyl (C=O) groups excluding carboxylic acids is 2. The molecule has 4 nitrogen and oxygen atoms in total. The van der Waals surface area contributed by atoms with Gasteiger partial charge in [-0.25, -0.2) is 4.39 Å². The summed E-state index contributed by atoms with van der Waals surface area (Å²) in [6.07, 6.45) is 0. The smallest absolute Gasteiger partial charge is 0.319 e. The summed E-state index contributed by atoms with van der Waals surface area (Å²) in [7, 11) is 0. The van der Waals surface area contributed by atoms with Gasteiger partial charge in [0.25, 0.3) is 0 Å². The Hall–Kier alpha value is -1.62. The summed E-state index contributed by atoms with van der Waals surface area (Å²) in [6.45, 7) is 7.05. The van der Waals surface area contributed by atoms with E-state index in [2.05, 4.69) is 5.32 Å². The summed E-state index contributed by atoms with van der Waals surface area (Å²) >= 11 is 5.66. The lowest BCUT2D eigenvalue weighted by atomic mass is 9.80. The molecule has 21 heavy (non-hydrogen) atoms. The minimum Gasteiger partial charge on any atom is -0.465 e. The SMILES string of the molecule is CCOC(=O)C(C(=O)Nc1cccc(Cl)c1F)C(C)(C)C. The van der Waals surface area contributed by atoms with E-state index in [-0.39, 0.29) is 17.3 Å². The van der Waals surface area contributed by atoms with Gasteiger partial charge in [0, 0.05) is 0 Å². The van der Waals surface area contributed by atoms with Crippen LogP contribution in [0.2, 0.25) is 5.02 Å². The first-order valence-corrected chi connectivity index (χ1v) is 6.97. The maximum Gasteiger partial charge on any atom is 0.319 e. The van der Waals surface area contributed by atoms with Crippen LogP contribution in [0.25, 0.3) is 0 Å². The van der Waals surface area contributed by atoms with Gasteiger partial charge in [0.05, 0.1) is 17.3 Å². The molecule has 0 bridgehead atoms. The lowest BCUT2D eigenvalue weighted by Gasteiger charge is -2.27. The molecule has 0 aliphatic carbocycles. The molecule has 1 unspecified atom stereocenters. The number of carbonyl (C=O) groups is 2. The second-order valence-corrected chi connectivity index (χ2v) is 6.05. The van der Waals surface area contributed by atoms with Gasteiger partial charge in [-0.1, -0.05) is 38.4 Å². The molecular weight excluding hydrogens is 297 g/mol. The zero-order valence-corrected chi connectivity index (χ0v) is 13.3. The maximum atomic E-state index is 13.8. The predicted octanol–water partition coefficient (Wildman–Crippen LogP) is 3.64. The molecular formula is C15H19ClFNO3. The Morgan fingerprint density at radius 1 is 1.38 bits per heavy atom. The van der Waals surface area contributed by atoms with Gasteiger partial charge in [-0.15, -0.1) is 0 Å². The van der Waals surface area contributed by atoms with Crippen LogP contribution in [-0.2, 0) is 14.3 Å². The summed E-state index contributed by atoms with van der Waals surface area (Å²) in [5, 5.41) is 2.30. The quantitative estimate of drug-likeness (QED) is 0.681. The van der Waals surface area contributed by atoms with Crippen molar-refractivity contribution < 1.29 is 18.7 Å². The number of hydrogen-bond acceptors (Lipinski definition) is 3. The number of rotatable bonds is 4. The van der Waals surface area contributed by atoms with Crippen LogP contribution in [0.3, 0.4) is 0 Å². The minimum atomic E-state index is -1.05. The van der Waals surface area contributed by atoms with Crippen LogP contribution >= 0.6 is 11.6 Å². The third-order valence-electron chi connectivity index (χ3n) is 2.86. The largest absolute Gasteiger partial charge is 0.465 e. The molecule has 116 valence electrons. The molecule has 0 aliphatic heterocycles. The van der Waals surface area contributed by atoms with E-state index >= 15 is 0 Å². The van der Waals surface area contributed by atoms with Crippen LogP contribution in [0.15, 0.2) is 18.2 Å². The number of esters is 1. The van der Waals surface area contributed by atoms with E-state index in [0.29, 0.717) is 0 Å². The number of anilines is 1. The molecule has 0 fully saturated rings. The molecule has 1 atom stereocenters. The Labute approximate surface area is 128 Å². The van der Waals surface area contributed by atoms with Gasteiger partial charge in [-0.2, -0.15) is 0 Å². The van der Waals surface area contributed by atoms with Crippen molar-refractivity contribution in [3.05, 3.63) is 29.0 Å². The fraction of sp³-hybridized carbons (Fsp3) is 0.467. The average molecular weight is 316 g/mol. The molecule has 1 aromatic rings. The average Bonchev–Trinajstić information content (AvgIpc) is 2.33. The Bertz CT molecular complexity index is 540. The molecule has 1 N–H and O–H groups in total. The fourth-order valence-electron chi connectivity index (χ4n) is 1.88. The number of ether oxygens (including phenoxy) is 1. The summed E-state index contributed by atoms with van der Waals surface area (Å²) in [4.78, 5) is 24.3. The van der Waals surface area contributed by atoms with E-state index in [0.717, 1.165) is 0 Å². The summed E-state index contributed by atoms with van der Waals surface area (Å²) in [5.41, 5.74) is -0.725. The van der Waals surface area contributed by atoms with Crippen molar-refractivity contribution in [1.29, 1.82) is 0 Å². The molecule has 0 heterocycles. The van der Waals surface area contributed by atoms with Gasteiger partial charge in [0.15, 0.2) is 5.82 Å². The van der Waals surface area contributed by atoms with Crippen molar-refractivity contribution in [1.82, 2.24) is 0 Å². The van der Waals surface area contributed by atoms with Crippen LogP contribution < -0.4 is 5.32 Å². The van der Waals surface area contributed by atoms with Gasteiger partial charge in [-0.3, -0.25) is 9.59 Å². The van der Waals surface area contributed by atoms with E-state index in [1.165, 1.54) is 18.2 Å². The maximum absolute atomic E-state index is 13.8. The van der Waals surface area contributed by atoms with Crippen molar-refractivity contribution >= 4 is 29.2 Å². The summed E-state index contributed by atoms with van der Waals surface area (Å²) in [5.74, 6) is -3.04. The van der Waals surface area contributed by atoms with E-state index in [9.17, 15) is 14.0 Å². The van der Waals surface area contributed by atoms with E-state index in [1.54, 1.807) is 27.7 Å². The standard InChI is InChI=1S/C15H19ClFNO3/c1-5-21-14(20)11(15(2,3)4)13(19)18-10-8-6-7-9(16)12(10)17/h6-8,11H,5H2,1-4H3,(H,18,19). The molecule has 1 rings (SSSR count). The molecule has 6 heteroatoms. The Kier molecular flexibility index (Phi) is 5.72. The number of hydrogen-bond donors (Lipinski definition) is 1. The lowest BCUT2D eigenvalue weighted by molar-refractivity contribution is -0.155. The molecule has 1 amide bonds. The lowest BCUT2D eigenvalue weighted by Crippen LogP contribution is -2.40. The molecule has 1 aromatic carbocycles. The van der Waals surface area contributed by atoms with Crippen LogP contribution in [-0.4, -0.2) is 18.5 Å². The molecule has 0 aliphatic rings. The third-order valence-corrected chi connectivity index (χ3v) is 3.15. The zero-order valence-electron chi connectivity index (χ0n) is 12.5. The second kappa shape index (κ2) is 6.89. The third kappa shape index (κ3) is 4.43. The van der Waals surface area contributed by atoms with Crippen molar-refractivity contribution in [2.75, 3.05) is 11.9 Å². The van der Waals surface area contributed by atoms with Gasteiger partial charge in [0.1, 0.15) is 5.92 Å². The molecule has 0 saturated carbocycles. The Morgan fingerprint density at radius 2 is 2.00 bits per heavy atom. The predicted molar refractivity (Wildman–Crippen MR) is 79.6 cm³/mol. The monoisotopic (exact) mass is 315 g/mol. The topological polar surface area (TPSA) is 55.4 Å². The Balaban J connectivity index is 3.02. The fourth-order valence-corrected chi connectivity index (χ4v) is 2.06. The van der Waals surface area contributed by atoms with E-state index in [4.69, 9.17) is 16.3 Å². The number of amides is 1. The van der Waals surface area contributed by atoms with Crippen LogP contribution in [0.5, 0.6) is 0 Å². The first kappa shape index (κ1) is 17.4. The number of halogens is 2. The van der Waals surface area contributed by atoms with Gasteiger partial charge in [-0.05, 0) is 24.5 Å². The molecule has 0 spiro atoms. The summed E-state index contributed by atoms with van der Waals surface area (Å²) < 4.78 is 18.7.